The zero-order valence-corrected chi connectivity index (χ0v) is 16.8. The first-order valence-electron chi connectivity index (χ1n) is 9.94. The standard InChI is InChI=1S/C21H32N4O2/c1-4-22-21(24-17-9-11-25(12-10-17)13-14-26-3)23-15-20-16(2)18-7-5-6-8-19(18)27-20/h5-8,17H,4,9-15H2,1-3H3,(H2,22,23,24). The molecule has 2 aromatic rings. The zero-order valence-electron chi connectivity index (χ0n) is 16.8. The van der Waals surface area contributed by atoms with Crippen LogP contribution in [0, 0.1) is 6.92 Å². The molecule has 0 atom stereocenters. The largest absolute Gasteiger partial charge is 0.459 e. The van der Waals surface area contributed by atoms with Crippen molar-refractivity contribution >= 4 is 16.9 Å². The number of para-hydroxylation sites is 1. The highest BCUT2D eigenvalue weighted by molar-refractivity contribution is 5.82. The average Bonchev–Trinajstić information content (AvgIpc) is 3.02. The molecule has 1 aromatic carbocycles. The smallest absolute Gasteiger partial charge is 0.191 e. The molecule has 1 fully saturated rings. The molecule has 1 aliphatic heterocycles. The molecule has 27 heavy (non-hydrogen) atoms. The third-order valence-corrected chi connectivity index (χ3v) is 5.21. The molecular formula is C21H32N4O2. The van der Waals surface area contributed by atoms with Gasteiger partial charge in [0.1, 0.15) is 17.9 Å². The van der Waals surface area contributed by atoms with E-state index in [0.717, 1.165) is 62.9 Å². The number of rotatable bonds is 7. The van der Waals surface area contributed by atoms with Crippen molar-refractivity contribution in [3.63, 3.8) is 0 Å². The van der Waals surface area contributed by atoms with E-state index in [9.17, 15) is 0 Å². The fraction of sp³-hybridized carbons (Fsp3) is 0.571. The first-order chi connectivity index (χ1) is 13.2. The normalized spacial score (nSPS) is 16.8. The van der Waals surface area contributed by atoms with Crippen molar-refractivity contribution in [3.05, 3.63) is 35.6 Å². The van der Waals surface area contributed by atoms with Crippen molar-refractivity contribution in [1.82, 2.24) is 15.5 Å². The molecule has 0 bridgehead atoms. The summed E-state index contributed by atoms with van der Waals surface area (Å²) < 4.78 is 11.2. The molecule has 1 aliphatic rings. The molecule has 0 amide bonds. The van der Waals surface area contributed by atoms with Crippen molar-refractivity contribution in [2.45, 2.75) is 39.3 Å². The minimum absolute atomic E-state index is 0.457. The number of hydrogen-bond donors (Lipinski definition) is 2. The lowest BCUT2D eigenvalue weighted by atomic mass is 10.1. The van der Waals surface area contributed by atoms with Gasteiger partial charge in [-0.2, -0.15) is 0 Å². The van der Waals surface area contributed by atoms with Gasteiger partial charge in [-0.05, 0) is 32.8 Å². The Morgan fingerprint density at radius 3 is 2.78 bits per heavy atom. The average molecular weight is 373 g/mol. The quantitative estimate of drug-likeness (QED) is 0.578. The highest BCUT2D eigenvalue weighted by atomic mass is 16.5. The Labute approximate surface area is 162 Å². The van der Waals surface area contributed by atoms with E-state index in [1.807, 2.05) is 18.2 Å². The fourth-order valence-electron chi connectivity index (χ4n) is 3.56. The summed E-state index contributed by atoms with van der Waals surface area (Å²) >= 11 is 0. The number of benzene rings is 1. The van der Waals surface area contributed by atoms with Gasteiger partial charge in [-0.15, -0.1) is 0 Å². The van der Waals surface area contributed by atoms with Crippen LogP contribution in [0.5, 0.6) is 0 Å². The van der Waals surface area contributed by atoms with Crippen LogP contribution in [0.1, 0.15) is 31.1 Å². The van der Waals surface area contributed by atoms with E-state index in [2.05, 4.69) is 35.4 Å². The van der Waals surface area contributed by atoms with E-state index in [0.29, 0.717) is 12.6 Å². The third kappa shape index (κ3) is 5.23. The lowest BCUT2D eigenvalue weighted by Gasteiger charge is -2.32. The van der Waals surface area contributed by atoms with E-state index in [1.165, 1.54) is 10.9 Å². The Morgan fingerprint density at radius 2 is 2.07 bits per heavy atom. The minimum Gasteiger partial charge on any atom is -0.459 e. The van der Waals surface area contributed by atoms with Crippen LogP contribution in [-0.2, 0) is 11.3 Å². The second-order valence-corrected chi connectivity index (χ2v) is 7.09. The minimum atomic E-state index is 0.457. The van der Waals surface area contributed by atoms with E-state index in [1.54, 1.807) is 7.11 Å². The maximum atomic E-state index is 5.99. The third-order valence-electron chi connectivity index (χ3n) is 5.21. The summed E-state index contributed by atoms with van der Waals surface area (Å²) in [4.78, 5) is 7.23. The van der Waals surface area contributed by atoms with Crippen LogP contribution >= 0.6 is 0 Å². The van der Waals surface area contributed by atoms with Crippen LogP contribution < -0.4 is 10.6 Å². The second kappa shape index (κ2) is 9.76. The second-order valence-electron chi connectivity index (χ2n) is 7.09. The van der Waals surface area contributed by atoms with Crippen molar-refractivity contribution in [1.29, 1.82) is 0 Å². The summed E-state index contributed by atoms with van der Waals surface area (Å²) in [6.07, 6.45) is 2.25. The molecule has 148 valence electrons. The summed E-state index contributed by atoms with van der Waals surface area (Å²) in [5.41, 5.74) is 2.11. The molecule has 1 aromatic heterocycles. The summed E-state index contributed by atoms with van der Waals surface area (Å²) in [5, 5.41) is 8.13. The number of aryl methyl sites for hydroxylation is 1. The van der Waals surface area contributed by atoms with Crippen molar-refractivity contribution in [2.24, 2.45) is 4.99 Å². The van der Waals surface area contributed by atoms with Gasteiger partial charge in [0, 0.05) is 50.3 Å². The maximum absolute atomic E-state index is 5.99. The molecule has 0 saturated carbocycles. The van der Waals surface area contributed by atoms with Gasteiger partial charge in [0.05, 0.1) is 6.61 Å². The van der Waals surface area contributed by atoms with Gasteiger partial charge in [-0.3, -0.25) is 0 Å². The molecule has 6 nitrogen and oxygen atoms in total. The van der Waals surface area contributed by atoms with E-state index in [-0.39, 0.29) is 0 Å². The molecule has 6 heteroatoms. The Kier molecular flexibility index (Phi) is 7.12. The number of methoxy groups -OCH3 is 1. The topological polar surface area (TPSA) is 62.0 Å². The van der Waals surface area contributed by atoms with Gasteiger partial charge >= 0.3 is 0 Å². The highest BCUT2D eigenvalue weighted by Gasteiger charge is 2.19. The molecule has 1 saturated heterocycles. The number of piperidine rings is 1. The van der Waals surface area contributed by atoms with Crippen LogP contribution in [0.2, 0.25) is 0 Å². The lowest BCUT2D eigenvalue weighted by Crippen LogP contribution is -2.49. The molecule has 2 heterocycles. The van der Waals surface area contributed by atoms with E-state index < -0.39 is 0 Å². The number of nitrogens with zero attached hydrogens (tertiary/aromatic N) is 2. The molecule has 3 rings (SSSR count). The number of furan rings is 1. The van der Waals surface area contributed by atoms with Gasteiger partial charge in [0.2, 0.25) is 0 Å². The Bertz CT molecular complexity index is 748. The van der Waals surface area contributed by atoms with Crippen molar-refractivity contribution in [3.8, 4) is 0 Å². The predicted octanol–water partition coefficient (Wildman–Crippen LogP) is 2.91. The van der Waals surface area contributed by atoms with Crippen LogP contribution in [0.25, 0.3) is 11.0 Å². The van der Waals surface area contributed by atoms with Crippen molar-refractivity contribution in [2.75, 3.05) is 39.9 Å². The van der Waals surface area contributed by atoms with Crippen LogP contribution in [0.15, 0.2) is 33.7 Å². The summed E-state index contributed by atoms with van der Waals surface area (Å²) in [6, 6.07) is 8.61. The Balaban J connectivity index is 1.59. The number of ether oxygens (including phenoxy) is 1. The molecular weight excluding hydrogens is 340 g/mol. The molecule has 0 spiro atoms. The number of likely N-dealkylation sites (tertiary alicyclic amines) is 1. The number of nitrogens with one attached hydrogen (secondary N) is 2. The maximum Gasteiger partial charge on any atom is 0.191 e. The monoisotopic (exact) mass is 372 g/mol. The first kappa shape index (κ1) is 19.7. The summed E-state index contributed by atoms with van der Waals surface area (Å²) in [7, 11) is 1.76. The number of guanidine groups is 1. The van der Waals surface area contributed by atoms with E-state index >= 15 is 0 Å². The van der Waals surface area contributed by atoms with Gasteiger partial charge < -0.3 is 24.7 Å². The van der Waals surface area contributed by atoms with Crippen molar-refractivity contribution < 1.29 is 9.15 Å². The number of hydrogen-bond acceptors (Lipinski definition) is 4. The first-order valence-corrected chi connectivity index (χ1v) is 9.94. The molecule has 0 aliphatic carbocycles. The van der Waals surface area contributed by atoms with Gasteiger partial charge in [-0.1, -0.05) is 18.2 Å². The van der Waals surface area contributed by atoms with E-state index in [4.69, 9.17) is 14.1 Å². The molecule has 0 radical (unpaired) electrons. The summed E-state index contributed by atoms with van der Waals surface area (Å²) in [6.45, 7) is 9.61. The number of fused-ring (bicyclic) bond motifs is 1. The Morgan fingerprint density at radius 1 is 1.30 bits per heavy atom. The van der Waals surface area contributed by atoms with Crippen LogP contribution in [0.4, 0.5) is 0 Å². The van der Waals surface area contributed by atoms with Crippen LogP contribution in [-0.4, -0.2) is 56.8 Å². The zero-order chi connectivity index (χ0) is 19.1. The van der Waals surface area contributed by atoms with Gasteiger partial charge in [-0.25, -0.2) is 4.99 Å². The predicted molar refractivity (Wildman–Crippen MR) is 110 cm³/mol. The molecule has 0 unspecified atom stereocenters. The summed E-state index contributed by atoms with van der Waals surface area (Å²) in [5.74, 6) is 1.80. The fourth-order valence-corrected chi connectivity index (χ4v) is 3.56. The SMILES string of the molecule is CCNC(=NCc1oc2ccccc2c1C)NC1CCN(CCOC)CC1. The lowest BCUT2D eigenvalue weighted by molar-refractivity contribution is 0.128. The Hall–Kier alpha value is -2.05. The number of aliphatic imine (C=N–C) groups is 1. The highest BCUT2D eigenvalue weighted by Crippen LogP contribution is 2.25. The van der Waals surface area contributed by atoms with Crippen LogP contribution in [0.3, 0.4) is 0 Å². The van der Waals surface area contributed by atoms with Gasteiger partial charge in [0.15, 0.2) is 5.96 Å². The molecule has 2 N–H and O–H groups in total. The van der Waals surface area contributed by atoms with Gasteiger partial charge in [0.25, 0.3) is 0 Å².